The summed E-state index contributed by atoms with van der Waals surface area (Å²) in [6.45, 7) is 4.47. The molecule has 1 amide bonds. The van der Waals surface area contributed by atoms with Crippen molar-refractivity contribution in [2.24, 2.45) is 0 Å². The van der Waals surface area contributed by atoms with E-state index >= 15 is 0 Å². The smallest absolute Gasteiger partial charge is 0.350 e. The van der Waals surface area contributed by atoms with E-state index in [0.29, 0.717) is 36.9 Å². The van der Waals surface area contributed by atoms with Crippen molar-refractivity contribution in [1.29, 1.82) is 0 Å². The molecule has 0 saturated carbocycles. The summed E-state index contributed by atoms with van der Waals surface area (Å²) < 4.78 is 10.3. The van der Waals surface area contributed by atoms with Crippen LogP contribution in [0.15, 0.2) is 0 Å². The first kappa shape index (κ1) is 15.6. The Morgan fingerprint density at radius 3 is 2.67 bits per heavy atom. The molecule has 7 nitrogen and oxygen atoms in total. The van der Waals surface area contributed by atoms with Crippen LogP contribution in [-0.4, -0.2) is 51.8 Å². The normalized spacial score (nSPS) is 14.9. The van der Waals surface area contributed by atoms with Crippen molar-refractivity contribution >= 4 is 33.9 Å². The number of rotatable bonds is 4. The van der Waals surface area contributed by atoms with Crippen LogP contribution in [0.5, 0.6) is 0 Å². The molecule has 2 heterocycles. The fraction of sp³-hybridized carbons (Fsp3) is 0.538. The summed E-state index contributed by atoms with van der Waals surface area (Å²) in [6, 6.07) is 0. The lowest BCUT2D eigenvalue weighted by atomic mass is 10.2. The molecular formula is C13H19N3O4S. The van der Waals surface area contributed by atoms with Crippen molar-refractivity contribution in [2.75, 3.05) is 50.6 Å². The molecule has 0 bridgehead atoms. The fourth-order valence-corrected chi connectivity index (χ4v) is 3.28. The molecule has 0 atom stereocenters. The lowest BCUT2D eigenvalue weighted by Gasteiger charge is -2.28. The van der Waals surface area contributed by atoms with Gasteiger partial charge >= 0.3 is 5.97 Å². The van der Waals surface area contributed by atoms with E-state index in [2.05, 4.69) is 5.32 Å². The van der Waals surface area contributed by atoms with E-state index in [-0.39, 0.29) is 23.1 Å². The summed E-state index contributed by atoms with van der Waals surface area (Å²) in [4.78, 5) is 26.3. The van der Waals surface area contributed by atoms with E-state index in [0.717, 1.165) is 0 Å². The van der Waals surface area contributed by atoms with Gasteiger partial charge in [0.25, 0.3) is 5.91 Å². The maximum atomic E-state index is 12.1. The standard InChI is InChI=1S/C13H19N3O4S/c1-3-20-13(18)10-9(14)8(11(17)15-2)12(21-10)16-4-6-19-7-5-16/h3-7,14H2,1-2H3,(H,15,17). The van der Waals surface area contributed by atoms with E-state index < -0.39 is 5.97 Å². The summed E-state index contributed by atoms with van der Waals surface area (Å²) in [5, 5.41) is 3.26. The minimum Gasteiger partial charge on any atom is -0.462 e. The number of carbonyl (C=O) groups is 2. The van der Waals surface area contributed by atoms with Crippen LogP contribution in [0.2, 0.25) is 0 Å². The predicted molar refractivity (Wildman–Crippen MR) is 81.1 cm³/mol. The summed E-state index contributed by atoms with van der Waals surface area (Å²) in [5.41, 5.74) is 6.53. The van der Waals surface area contributed by atoms with Gasteiger partial charge in [-0.3, -0.25) is 4.79 Å². The van der Waals surface area contributed by atoms with Gasteiger partial charge in [-0.05, 0) is 6.92 Å². The Kier molecular flexibility index (Phi) is 5.03. The van der Waals surface area contributed by atoms with E-state index in [9.17, 15) is 9.59 Å². The Labute approximate surface area is 127 Å². The molecule has 1 aliphatic heterocycles. The summed E-state index contributed by atoms with van der Waals surface area (Å²) in [5.74, 6) is -0.801. The molecule has 8 heteroatoms. The number of nitrogens with one attached hydrogen (secondary N) is 1. The minimum absolute atomic E-state index is 0.180. The van der Waals surface area contributed by atoms with Crippen LogP contribution in [0.25, 0.3) is 0 Å². The number of ether oxygens (including phenoxy) is 2. The summed E-state index contributed by atoms with van der Waals surface area (Å²) in [6.07, 6.45) is 0. The van der Waals surface area contributed by atoms with Crippen molar-refractivity contribution in [3.05, 3.63) is 10.4 Å². The van der Waals surface area contributed by atoms with Gasteiger partial charge in [0.05, 0.1) is 31.1 Å². The Morgan fingerprint density at radius 2 is 2.10 bits per heavy atom. The molecule has 1 aromatic heterocycles. The van der Waals surface area contributed by atoms with Crippen molar-refractivity contribution in [2.45, 2.75) is 6.92 Å². The van der Waals surface area contributed by atoms with Crippen molar-refractivity contribution < 1.29 is 19.1 Å². The Bertz CT molecular complexity index is 538. The minimum atomic E-state index is -0.496. The second-order valence-corrected chi connectivity index (χ2v) is 5.42. The highest BCUT2D eigenvalue weighted by molar-refractivity contribution is 7.19. The third kappa shape index (κ3) is 3.11. The van der Waals surface area contributed by atoms with Crippen LogP contribution < -0.4 is 16.0 Å². The second-order valence-electron chi connectivity index (χ2n) is 4.42. The monoisotopic (exact) mass is 313 g/mol. The van der Waals surface area contributed by atoms with Crippen molar-refractivity contribution in [3.8, 4) is 0 Å². The number of thiophene rings is 1. The van der Waals surface area contributed by atoms with Gasteiger partial charge in [0.1, 0.15) is 9.88 Å². The van der Waals surface area contributed by atoms with Crippen molar-refractivity contribution in [3.63, 3.8) is 0 Å². The maximum absolute atomic E-state index is 12.1. The van der Waals surface area contributed by atoms with Gasteiger partial charge in [-0.1, -0.05) is 0 Å². The van der Waals surface area contributed by atoms with Crippen LogP contribution in [0.4, 0.5) is 10.7 Å². The maximum Gasteiger partial charge on any atom is 0.350 e. The number of esters is 1. The number of nitrogens with two attached hydrogens (primary N) is 1. The zero-order chi connectivity index (χ0) is 15.4. The van der Waals surface area contributed by atoms with Gasteiger partial charge in [0, 0.05) is 20.1 Å². The second kappa shape index (κ2) is 6.77. The molecule has 0 aliphatic carbocycles. The first-order valence-corrected chi connectivity index (χ1v) is 7.55. The van der Waals surface area contributed by atoms with E-state index in [4.69, 9.17) is 15.2 Å². The molecule has 3 N–H and O–H groups in total. The first-order chi connectivity index (χ1) is 10.1. The molecule has 21 heavy (non-hydrogen) atoms. The van der Waals surface area contributed by atoms with Gasteiger partial charge in [-0.2, -0.15) is 0 Å². The largest absolute Gasteiger partial charge is 0.462 e. The topological polar surface area (TPSA) is 93.9 Å². The number of nitrogens with zero attached hydrogens (tertiary/aromatic N) is 1. The summed E-state index contributed by atoms with van der Waals surface area (Å²) >= 11 is 1.19. The average molecular weight is 313 g/mol. The lowest BCUT2D eigenvalue weighted by molar-refractivity contribution is 0.0533. The molecular weight excluding hydrogens is 294 g/mol. The Morgan fingerprint density at radius 1 is 1.43 bits per heavy atom. The summed E-state index contributed by atoms with van der Waals surface area (Å²) in [7, 11) is 1.53. The van der Waals surface area contributed by atoms with E-state index in [1.54, 1.807) is 6.92 Å². The SMILES string of the molecule is CCOC(=O)c1sc(N2CCOCC2)c(C(=O)NC)c1N. The molecule has 0 unspecified atom stereocenters. The van der Waals surface area contributed by atoms with Crippen LogP contribution in [0, 0.1) is 0 Å². The van der Waals surface area contributed by atoms with Crippen LogP contribution in [0.1, 0.15) is 27.0 Å². The van der Waals surface area contributed by atoms with E-state index in [1.807, 2.05) is 4.90 Å². The lowest BCUT2D eigenvalue weighted by Crippen LogP contribution is -2.37. The third-order valence-electron chi connectivity index (χ3n) is 3.14. The van der Waals surface area contributed by atoms with Gasteiger partial charge < -0.3 is 25.4 Å². The van der Waals surface area contributed by atoms with Crippen LogP contribution >= 0.6 is 11.3 Å². The quantitative estimate of drug-likeness (QED) is 0.795. The zero-order valence-corrected chi connectivity index (χ0v) is 12.9. The number of anilines is 2. The number of hydrogen-bond donors (Lipinski definition) is 2. The molecule has 0 radical (unpaired) electrons. The number of carbonyl (C=O) groups excluding carboxylic acids is 2. The Hall–Kier alpha value is -1.80. The number of morpholine rings is 1. The van der Waals surface area contributed by atoms with Crippen molar-refractivity contribution in [1.82, 2.24) is 5.32 Å². The molecule has 1 fully saturated rings. The molecule has 1 aromatic rings. The van der Waals surface area contributed by atoms with Gasteiger partial charge in [0.15, 0.2) is 0 Å². The Balaban J connectivity index is 2.43. The fourth-order valence-electron chi connectivity index (χ4n) is 2.11. The molecule has 1 aliphatic rings. The molecule has 116 valence electrons. The molecule has 1 saturated heterocycles. The third-order valence-corrected chi connectivity index (χ3v) is 4.39. The number of amides is 1. The average Bonchev–Trinajstić information content (AvgIpc) is 2.85. The highest BCUT2D eigenvalue weighted by Gasteiger charge is 2.29. The van der Waals surface area contributed by atoms with Crippen LogP contribution in [-0.2, 0) is 9.47 Å². The van der Waals surface area contributed by atoms with Crippen LogP contribution in [0.3, 0.4) is 0 Å². The predicted octanol–water partition coefficient (Wildman–Crippen LogP) is 0.703. The molecule has 0 aromatic carbocycles. The molecule has 0 spiro atoms. The van der Waals surface area contributed by atoms with E-state index in [1.165, 1.54) is 18.4 Å². The zero-order valence-electron chi connectivity index (χ0n) is 12.1. The highest BCUT2D eigenvalue weighted by atomic mass is 32.1. The first-order valence-electron chi connectivity index (χ1n) is 6.74. The number of nitrogen functional groups attached to an aromatic ring is 1. The van der Waals surface area contributed by atoms with Gasteiger partial charge in [0.2, 0.25) is 0 Å². The highest BCUT2D eigenvalue weighted by Crippen LogP contribution is 2.39. The van der Waals surface area contributed by atoms with Gasteiger partial charge in [-0.15, -0.1) is 11.3 Å². The molecule has 2 rings (SSSR count). The van der Waals surface area contributed by atoms with Gasteiger partial charge in [-0.25, -0.2) is 4.79 Å². The number of hydrogen-bond acceptors (Lipinski definition) is 7.